The van der Waals surface area contributed by atoms with Crippen molar-refractivity contribution in [2.75, 3.05) is 37.7 Å². The molecule has 1 amide bonds. The lowest BCUT2D eigenvalue weighted by molar-refractivity contribution is 0.102. The lowest BCUT2D eigenvalue weighted by Gasteiger charge is -2.14. The molecule has 0 aliphatic heterocycles. The molecule has 0 saturated heterocycles. The highest BCUT2D eigenvalue weighted by Crippen LogP contribution is 2.42. The van der Waals surface area contributed by atoms with Gasteiger partial charge < -0.3 is 35.1 Å². The molecule has 3 aromatic carbocycles. The van der Waals surface area contributed by atoms with Crippen LogP contribution in [0, 0.1) is 5.82 Å². The number of nitrogens with two attached hydrogens (primary N) is 1. The normalized spacial score (nSPS) is 10.8. The Morgan fingerprint density at radius 3 is 2.44 bits per heavy atom. The zero-order valence-electron chi connectivity index (χ0n) is 21.8. The average Bonchev–Trinajstić information content (AvgIpc) is 3.59. The number of carbonyl (C=O) groups is 1. The molecule has 0 aliphatic carbocycles. The summed E-state index contributed by atoms with van der Waals surface area (Å²) in [6.45, 7) is 0. The summed E-state index contributed by atoms with van der Waals surface area (Å²) >= 11 is 7.12. The molecule has 2 aromatic heterocycles. The van der Waals surface area contributed by atoms with Gasteiger partial charge in [0.1, 0.15) is 16.5 Å². The molecular formula is C27H22ClFN6O5S. The van der Waals surface area contributed by atoms with Gasteiger partial charge in [0.2, 0.25) is 11.6 Å². The molecule has 0 fully saturated rings. The van der Waals surface area contributed by atoms with E-state index in [0.717, 1.165) is 11.3 Å². The molecule has 41 heavy (non-hydrogen) atoms. The van der Waals surface area contributed by atoms with E-state index in [-0.39, 0.29) is 23.1 Å². The Kier molecular flexibility index (Phi) is 7.90. The summed E-state index contributed by atoms with van der Waals surface area (Å²) in [7, 11) is 4.54. The van der Waals surface area contributed by atoms with Crippen LogP contribution in [0.3, 0.4) is 0 Å². The molecule has 0 radical (unpaired) electrons. The van der Waals surface area contributed by atoms with Gasteiger partial charge in [-0.05, 0) is 36.4 Å². The largest absolute Gasteiger partial charge is 0.493 e. The number of nitrogens with one attached hydrogen (secondary N) is 2. The number of halogens is 2. The van der Waals surface area contributed by atoms with Crippen LogP contribution in [-0.2, 0) is 0 Å². The van der Waals surface area contributed by atoms with E-state index in [4.69, 9.17) is 36.1 Å². The lowest BCUT2D eigenvalue weighted by atomic mass is 10.1. The Labute approximate surface area is 242 Å². The molecule has 0 spiro atoms. The maximum Gasteiger partial charge on any atom is 0.272 e. The number of nitrogen functional groups attached to an aromatic ring is 1. The Morgan fingerprint density at radius 2 is 1.76 bits per heavy atom. The molecule has 5 aromatic rings. The second kappa shape index (κ2) is 11.7. The number of rotatable bonds is 9. The standard InChI is InChI=1S/C27H22ClFN6O5S/c1-37-19-11-16(12-20(38-2)21(19)39-3)32-27-33-23(30)22(41-27)26-34-24(35-40-26)17-10-15(7-8-18(17)29)31-25(36)13-5-4-6-14(28)9-13/h4-12H,30H2,1-3H3,(H,31,36)(H,32,33). The number of aromatic nitrogens is 3. The van der Waals surface area contributed by atoms with Gasteiger partial charge in [0.05, 0.1) is 26.9 Å². The predicted molar refractivity (Wildman–Crippen MR) is 154 cm³/mol. The maximum atomic E-state index is 14.8. The minimum Gasteiger partial charge on any atom is -0.493 e. The Morgan fingerprint density at radius 1 is 1.00 bits per heavy atom. The van der Waals surface area contributed by atoms with Gasteiger partial charge in [-0.3, -0.25) is 4.79 Å². The van der Waals surface area contributed by atoms with Crippen LogP contribution < -0.4 is 30.6 Å². The highest BCUT2D eigenvalue weighted by atomic mass is 35.5. The van der Waals surface area contributed by atoms with Gasteiger partial charge in [-0.15, -0.1) is 0 Å². The average molecular weight is 597 g/mol. The van der Waals surface area contributed by atoms with E-state index in [1.54, 1.807) is 30.3 Å². The van der Waals surface area contributed by atoms with E-state index in [9.17, 15) is 9.18 Å². The second-order valence-corrected chi connectivity index (χ2v) is 9.79. The van der Waals surface area contributed by atoms with Crippen molar-refractivity contribution < 1.29 is 27.9 Å². The van der Waals surface area contributed by atoms with Crippen LogP contribution in [0.5, 0.6) is 17.2 Å². The van der Waals surface area contributed by atoms with Crippen molar-refractivity contribution in [3.05, 3.63) is 71.0 Å². The van der Waals surface area contributed by atoms with Gasteiger partial charge >= 0.3 is 0 Å². The molecule has 0 unspecified atom stereocenters. The highest BCUT2D eigenvalue weighted by molar-refractivity contribution is 7.19. The van der Waals surface area contributed by atoms with Gasteiger partial charge in [0.25, 0.3) is 11.8 Å². The first kappa shape index (κ1) is 27.7. The van der Waals surface area contributed by atoms with Crippen LogP contribution in [0.2, 0.25) is 5.02 Å². The number of amides is 1. The Balaban J connectivity index is 1.38. The van der Waals surface area contributed by atoms with Crippen LogP contribution in [0.15, 0.2) is 59.1 Å². The van der Waals surface area contributed by atoms with E-state index in [1.807, 2.05) is 0 Å². The molecule has 0 aliphatic rings. The number of thiazole rings is 1. The summed E-state index contributed by atoms with van der Waals surface area (Å²) in [5.74, 6) is 0.455. The smallest absolute Gasteiger partial charge is 0.272 e. The van der Waals surface area contributed by atoms with Crippen LogP contribution in [0.4, 0.5) is 26.7 Å². The summed E-state index contributed by atoms with van der Waals surface area (Å²) in [4.78, 5) is 21.6. The quantitative estimate of drug-likeness (QED) is 0.178. The highest BCUT2D eigenvalue weighted by Gasteiger charge is 2.21. The van der Waals surface area contributed by atoms with Gasteiger partial charge in [-0.1, -0.05) is 34.2 Å². The third-order valence-corrected chi connectivity index (χ3v) is 6.95. The zero-order valence-corrected chi connectivity index (χ0v) is 23.4. The monoisotopic (exact) mass is 596 g/mol. The molecule has 0 bridgehead atoms. The summed E-state index contributed by atoms with van der Waals surface area (Å²) < 4.78 is 36.3. The number of anilines is 4. The lowest BCUT2D eigenvalue weighted by Crippen LogP contribution is -2.12. The number of methoxy groups -OCH3 is 3. The first-order valence-electron chi connectivity index (χ1n) is 11.8. The fraction of sp³-hybridized carbons (Fsp3) is 0.111. The number of ether oxygens (including phenoxy) is 3. The molecule has 4 N–H and O–H groups in total. The number of nitrogens with zero attached hydrogens (tertiary/aromatic N) is 3. The van der Waals surface area contributed by atoms with Crippen molar-refractivity contribution >= 4 is 51.2 Å². The van der Waals surface area contributed by atoms with E-state index in [0.29, 0.717) is 49.2 Å². The van der Waals surface area contributed by atoms with Gasteiger partial charge in [-0.2, -0.15) is 4.98 Å². The number of hydrogen-bond donors (Lipinski definition) is 3. The number of benzene rings is 3. The summed E-state index contributed by atoms with van der Waals surface area (Å²) in [5.41, 5.74) is 7.43. The van der Waals surface area contributed by atoms with E-state index in [2.05, 4.69) is 25.8 Å². The third-order valence-electron chi connectivity index (χ3n) is 5.74. The molecule has 14 heteroatoms. The number of hydrogen-bond acceptors (Lipinski definition) is 11. The van der Waals surface area contributed by atoms with Crippen LogP contribution in [0.25, 0.3) is 22.2 Å². The van der Waals surface area contributed by atoms with Gasteiger partial charge in [-0.25, -0.2) is 9.37 Å². The van der Waals surface area contributed by atoms with E-state index >= 15 is 0 Å². The zero-order chi connectivity index (χ0) is 29.1. The van der Waals surface area contributed by atoms with Crippen LogP contribution in [-0.4, -0.2) is 42.4 Å². The fourth-order valence-electron chi connectivity index (χ4n) is 3.85. The summed E-state index contributed by atoms with van der Waals surface area (Å²) in [5, 5.41) is 10.6. The van der Waals surface area contributed by atoms with Crippen molar-refractivity contribution in [2.45, 2.75) is 0 Å². The minimum absolute atomic E-state index is 0.0164. The first-order chi connectivity index (χ1) is 19.8. The van der Waals surface area contributed by atoms with Gasteiger partial charge in [0, 0.05) is 34.1 Å². The molecule has 210 valence electrons. The maximum absolute atomic E-state index is 14.8. The summed E-state index contributed by atoms with van der Waals surface area (Å²) in [6, 6.07) is 13.9. The molecule has 0 atom stereocenters. The van der Waals surface area contributed by atoms with Crippen molar-refractivity contribution in [3.63, 3.8) is 0 Å². The Bertz CT molecular complexity index is 1720. The van der Waals surface area contributed by atoms with Crippen molar-refractivity contribution in [1.29, 1.82) is 0 Å². The molecule has 5 rings (SSSR count). The molecule has 2 heterocycles. The molecule has 0 saturated carbocycles. The SMILES string of the molecule is COc1cc(Nc2nc(N)c(-c3nc(-c4cc(NC(=O)c5cccc(Cl)c5)ccc4F)no3)s2)cc(OC)c1OC. The third kappa shape index (κ3) is 5.85. The topological polar surface area (TPSA) is 147 Å². The van der Waals surface area contributed by atoms with Crippen LogP contribution in [0.1, 0.15) is 10.4 Å². The van der Waals surface area contributed by atoms with Crippen molar-refractivity contribution in [1.82, 2.24) is 15.1 Å². The fourth-order valence-corrected chi connectivity index (χ4v) is 4.86. The summed E-state index contributed by atoms with van der Waals surface area (Å²) in [6.07, 6.45) is 0. The minimum atomic E-state index is -0.611. The molecule has 11 nitrogen and oxygen atoms in total. The second-order valence-electron chi connectivity index (χ2n) is 8.35. The van der Waals surface area contributed by atoms with Crippen molar-refractivity contribution in [2.24, 2.45) is 0 Å². The van der Waals surface area contributed by atoms with Crippen molar-refractivity contribution in [3.8, 4) is 39.4 Å². The molecular weight excluding hydrogens is 575 g/mol. The predicted octanol–water partition coefficient (Wildman–Crippen LogP) is 6.26. The van der Waals surface area contributed by atoms with Gasteiger partial charge in [0.15, 0.2) is 16.6 Å². The van der Waals surface area contributed by atoms with E-state index in [1.165, 1.54) is 45.6 Å². The first-order valence-corrected chi connectivity index (χ1v) is 13.0. The Hall–Kier alpha value is -4.88. The number of carbonyl (C=O) groups excluding carboxylic acids is 1. The van der Waals surface area contributed by atoms with E-state index < -0.39 is 11.7 Å². The van der Waals surface area contributed by atoms with Crippen LogP contribution >= 0.6 is 22.9 Å².